The van der Waals surface area contributed by atoms with Gasteiger partial charge in [-0.3, -0.25) is 0 Å². The van der Waals surface area contributed by atoms with Gasteiger partial charge in [-0.1, -0.05) is 11.6 Å². The fourth-order valence-electron chi connectivity index (χ4n) is 3.09. The zero-order chi connectivity index (χ0) is 23.1. The molecule has 0 saturated carbocycles. The molecule has 2 N–H and O–H groups in total. The molecular weight excluding hydrogens is 437 g/mol. The van der Waals surface area contributed by atoms with Crippen molar-refractivity contribution in [3.8, 4) is 11.5 Å². The summed E-state index contributed by atoms with van der Waals surface area (Å²) in [6, 6.07) is 7.34. The molecule has 0 bridgehead atoms. The van der Waals surface area contributed by atoms with E-state index >= 15 is 0 Å². The molecule has 2 heterocycles. The topological polar surface area (TPSA) is 85.7 Å². The van der Waals surface area contributed by atoms with E-state index in [0.29, 0.717) is 34.0 Å². The molecule has 1 aliphatic heterocycles. The summed E-state index contributed by atoms with van der Waals surface area (Å²) in [5, 5.41) is 13.6. The van der Waals surface area contributed by atoms with Crippen molar-refractivity contribution in [2.45, 2.75) is 38.9 Å². The maximum absolute atomic E-state index is 13.9. The monoisotopic (exact) mass is 463 g/mol. The van der Waals surface area contributed by atoms with Crippen molar-refractivity contribution in [1.29, 1.82) is 0 Å². The number of phenolic OH excluding ortho intramolecular Hbond substituents is 1. The van der Waals surface area contributed by atoms with Crippen molar-refractivity contribution in [3.63, 3.8) is 0 Å². The van der Waals surface area contributed by atoms with Crippen LogP contribution in [0, 0.1) is 5.82 Å². The van der Waals surface area contributed by atoms with Crippen molar-refractivity contribution in [2.24, 2.45) is 0 Å². The van der Waals surface area contributed by atoms with Crippen molar-refractivity contribution in [2.75, 3.05) is 25.6 Å². The first-order chi connectivity index (χ1) is 15.4. The first-order valence-corrected chi connectivity index (χ1v) is 10.7. The van der Waals surface area contributed by atoms with Crippen LogP contribution in [0.15, 0.2) is 36.7 Å². The summed E-state index contributed by atoms with van der Waals surface area (Å²) < 4.78 is 29.9. The summed E-state index contributed by atoms with van der Waals surface area (Å²) in [6.45, 7) is 5.89. The number of aromatic hydroxyl groups is 1. The second-order valence-electron chi connectivity index (χ2n) is 7.45. The van der Waals surface area contributed by atoms with E-state index in [1.807, 2.05) is 0 Å². The first-order valence-electron chi connectivity index (χ1n) is 10.3. The average molecular weight is 464 g/mol. The van der Waals surface area contributed by atoms with E-state index in [2.05, 4.69) is 29.1 Å². The number of anilines is 2. The number of benzene rings is 2. The largest absolute Gasteiger partial charge is 0.504 e. The van der Waals surface area contributed by atoms with Crippen LogP contribution >= 0.6 is 11.6 Å². The molecule has 0 radical (unpaired) electrons. The number of fused-ring (bicyclic) bond motifs is 1. The predicted octanol–water partition coefficient (Wildman–Crippen LogP) is 5.47. The summed E-state index contributed by atoms with van der Waals surface area (Å²) in [7, 11) is 1.44. The molecule has 172 valence electrons. The Kier molecular flexibility index (Phi) is 8.44. The van der Waals surface area contributed by atoms with Gasteiger partial charge in [0.2, 0.25) is 0 Å². The van der Waals surface area contributed by atoms with E-state index in [0.717, 1.165) is 26.1 Å². The van der Waals surface area contributed by atoms with Gasteiger partial charge in [-0.05, 0) is 51.0 Å². The van der Waals surface area contributed by atoms with E-state index in [1.165, 1.54) is 31.6 Å². The maximum Gasteiger partial charge on any atom is 0.161 e. The third kappa shape index (κ3) is 6.41. The van der Waals surface area contributed by atoms with Gasteiger partial charge in [-0.15, -0.1) is 0 Å². The predicted molar refractivity (Wildman–Crippen MR) is 123 cm³/mol. The Balaban J connectivity index is 0.000000243. The molecule has 2 aromatic carbocycles. The second-order valence-corrected chi connectivity index (χ2v) is 7.89. The molecular formula is C23H27ClFN3O4. The molecule has 0 aliphatic carbocycles. The molecule has 1 saturated heterocycles. The Morgan fingerprint density at radius 1 is 1.09 bits per heavy atom. The summed E-state index contributed by atoms with van der Waals surface area (Å²) in [4.78, 5) is 8.19. The van der Waals surface area contributed by atoms with Crippen LogP contribution in [0.5, 0.6) is 11.5 Å². The van der Waals surface area contributed by atoms with Gasteiger partial charge in [0, 0.05) is 29.7 Å². The van der Waals surface area contributed by atoms with E-state index in [-0.39, 0.29) is 17.2 Å². The first kappa shape index (κ1) is 24.0. The highest BCUT2D eigenvalue weighted by Gasteiger charge is 2.12. The summed E-state index contributed by atoms with van der Waals surface area (Å²) >= 11 is 5.73. The zero-order valence-corrected chi connectivity index (χ0v) is 19.0. The normalized spacial score (nSPS) is 18.8. The molecule has 2 atom stereocenters. The van der Waals surface area contributed by atoms with Crippen molar-refractivity contribution < 1.29 is 23.7 Å². The van der Waals surface area contributed by atoms with Crippen LogP contribution in [0.1, 0.15) is 26.7 Å². The van der Waals surface area contributed by atoms with Crippen molar-refractivity contribution in [1.82, 2.24) is 9.97 Å². The molecule has 1 aliphatic rings. The fraction of sp³-hybridized carbons (Fsp3) is 0.391. The minimum Gasteiger partial charge on any atom is -0.504 e. The van der Waals surface area contributed by atoms with Crippen LogP contribution in [-0.2, 0) is 9.47 Å². The highest BCUT2D eigenvalue weighted by atomic mass is 35.5. The second kappa shape index (κ2) is 11.3. The molecule has 0 spiro atoms. The van der Waals surface area contributed by atoms with Gasteiger partial charge in [0.25, 0.3) is 0 Å². The van der Waals surface area contributed by atoms with Gasteiger partial charge in [-0.25, -0.2) is 14.4 Å². The number of aromatic nitrogens is 2. The molecule has 2 unspecified atom stereocenters. The molecule has 4 rings (SSSR count). The lowest BCUT2D eigenvalue weighted by Crippen LogP contribution is -2.22. The molecule has 0 amide bonds. The lowest BCUT2D eigenvalue weighted by atomic mass is 10.2. The number of halogens is 2. The van der Waals surface area contributed by atoms with Gasteiger partial charge >= 0.3 is 0 Å². The van der Waals surface area contributed by atoms with E-state index in [1.54, 1.807) is 12.1 Å². The number of phenols is 1. The third-order valence-corrected chi connectivity index (χ3v) is 5.21. The minimum absolute atomic E-state index is 0.0303. The highest BCUT2D eigenvalue weighted by Crippen LogP contribution is 2.34. The van der Waals surface area contributed by atoms with Crippen LogP contribution in [0.2, 0.25) is 5.02 Å². The number of methoxy groups -OCH3 is 1. The van der Waals surface area contributed by atoms with Crippen LogP contribution in [-0.4, -0.2) is 47.6 Å². The Morgan fingerprint density at radius 3 is 2.41 bits per heavy atom. The zero-order valence-electron chi connectivity index (χ0n) is 18.3. The van der Waals surface area contributed by atoms with Crippen molar-refractivity contribution in [3.05, 3.63) is 47.5 Å². The Hall–Kier alpha value is -2.68. The molecule has 9 heteroatoms. The average Bonchev–Trinajstić information content (AvgIpc) is 2.74. The Morgan fingerprint density at radius 2 is 1.78 bits per heavy atom. The van der Waals surface area contributed by atoms with Gasteiger partial charge in [0.1, 0.15) is 18.0 Å². The van der Waals surface area contributed by atoms with Crippen LogP contribution in [0.25, 0.3) is 10.9 Å². The van der Waals surface area contributed by atoms with E-state index in [4.69, 9.17) is 25.8 Å². The van der Waals surface area contributed by atoms with E-state index < -0.39 is 5.82 Å². The summed E-state index contributed by atoms with van der Waals surface area (Å²) in [5.74, 6) is 0.147. The number of nitrogens with zero attached hydrogens (tertiary/aromatic N) is 2. The van der Waals surface area contributed by atoms with Crippen LogP contribution < -0.4 is 10.1 Å². The highest BCUT2D eigenvalue weighted by molar-refractivity contribution is 6.30. The molecule has 1 aromatic heterocycles. The van der Waals surface area contributed by atoms with E-state index in [9.17, 15) is 9.50 Å². The van der Waals surface area contributed by atoms with Crippen LogP contribution in [0.3, 0.4) is 0 Å². The number of nitrogens with one attached hydrogen (secondary N) is 1. The quantitative estimate of drug-likeness (QED) is 0.532. The van der Waals surface area contributed by atoms with Gasteiger partial charge < -0.3 is 24.6 Å². The summed E-state index contributed by atoms with van der Waals surface area (Å²) in [6.07, 6.45) is 4.15. The lowest BCUT2D eigenvalue weighted by molar-refractivity contribution is -0.0373. The van der Waals surface area contributed by atoms with Crippen molar-refractivity contribution >= 4 is 34.0 Å². The summed E-state index contributed by atoms with van der Waals surface area (Å²) in [5.41, 5.74) is 0.738. The molecule has 7 nitrogen and oxygen atoms in total. The lowest BCUT2D eigenvalue weighted by Gasteiger charge is -2.20. The maximum atomic E-state index is 13.9. The number of hydrogen-bond acceptors (Lipinski definition) is 7. The van der Waals surface area contributed by atoms with Gasteiger partial charge in [0.05, 0.1) is 30.5 Å². The van der Waals surface area contributed by atoms with Gasteiger partial charge in [-0.2, -0.15) is 0 Å². The smallest absolute Gasteiger partial charge is 0.161 e. The Labute approximate surface area is 191 Å². The van der Waals surface area contributed by atoms with Gasteiger partial charge in [0.15, 0.2) is 11.5 Å². The number of ether oxygens (including phenoxy) is 3. The molecule has 3 aromatic rings. The minimum atomic E-state index is -0.495. The number of hydrogen-bond donors (Lipinski definition) is 2. The molecule has 32 heavy (non-hydrogen) atoms. The number of rotatable bonds is 3. The third-order valence-electron chi connectivity index (χ3n) is 4.97. The fourth-order valence-corrected chi connectivity index (χ4v) is 3.25. The molecule has 1 fully saturated rings. The Bertz CT molecular complexity index is 1030. The standard InChI is InChI=1S/C15H11ClFN3O2.C8H16O2/c1-22-14-5-9-12(6-13(14)21)18-7-19-15(9)20-11-3-2-8(16)4-10(11)17;1-7-3-5-10-8(2)4-6-9-7/h2-7,21H,1H3,(H,18,19,20);7-8H,3-6H2,1-2H3. The SMILES string of the molecule is CC1CCOC(C)CCO1.COc1cc2c(Nc3ccc(Cl)cc3F)ncnc2cc1O. The van der Waals surface area contributed by atoms with Crippen LogP contribution in [0.4, 0.5) is 15.9 Å².